The normalized spacial score (nSPS) is 23.7. The lowest BCUT2D eigenvalue weighted by molar-refractivity contribution is -0.385. The SMILES string of the molecule is CC1=CC(=O)C(Br)C(Br)/C1=N/S(=O)(=O)c1cccc([N+](=O)[O-])c1. The highest BCUT2D eigenvalue weighted by molar-refractivity contribution is 9.12. The van der Waals surface area contributed by atoms with Crippen molar-refractivity contribution in [3.05, 3.63) is 46.0 Å². The van der Waals surface area contributed by atoms with Crippen molar-refractivity contribution in [1.82, 2.24) is 0 Å². The molecule has 2 rings (SSSR count). The summed E-state index contributed by atoms with van der Waals surface area (Å²) < 4.78 is 28.5. The van der Waals surface area contributed by atoms with Gasteiger partial charge in [-0.3, -0.25) is 14.9 Å². The summed E-state index contributed by atoms with van der Waals surface area (Å²) in [6, 6.07) is 4.64. The minimum absolute atomic E-state index is 0.179. The molecule has 1 aliphatic carbocycles. The minimum atomic E-state index is -4.14. The third kappa shape index (κ3) is 3.75. The third-order valence-corrected chi connectivity index (χ3v) is 7.04. The number of hydrogen-bond acceptors (Lipinski definition) is 5. The molecular formula is C13H10Br2N2O5S. The molecule has 1 aromatic rings. The molecule has 2 unspecified atom stereocenters. The lowest BCUT2D eigenvalue weighted by Crippen LogP contribution is -2.35. The third-order valence-electron chi connectivity index (χ3n) is 3.10. The number of ketones is 1. The fourth-order valence-electron chi connectivity index (χ4n) is 1.93. The van der Waals surface area contributed by atoms with E-state index in [0.717, 1.165) is 6.07 Å². The number of hydrogen-bond donors (Lipinski definition) is 0. The second-order valence-electron chi connectivity index (χ2n) is 4.74. The van der Waals surface area contributed by atoms with Crippen LogP contribution in [0.4, 0.5) is 5.69 Å². The zero-order valence-electron chi connectivity index (χ0n) is 11.6. The van der Waals surface area contributed by atoms with Crippen molar-refractivity contribution in [2.75, 3.05) is 0 Å². The molecule has 0 N–H and O–H groups in total. The molecule has 2 atom stereocenters. The van der Waals surface area contributed by atoms with Gasteiger partial charge < -0.3 is 0 Å². The van der Waals surface area contributed by atoms with Gasteiger partial charge in [0.05, 0.1) is 25.2 Å². The number of carbonyl (C=O) groups excluding carboxylic acids is 1. The Bertz CT molecular complexity index is 848. The Morgan fingerprint density at radius 2 is 1.91 bits per heavy atom. The van der Waals surface area contributed by atoms with Crippen LogP contribution in [0.5, 0.6) is 0 Å². The average Bonchev–Trinajstić information content (AvgIpc) is 2.49. The number of nitro groups is 1. The van der Waals surface area contributed by atoms with Crippen LogP contribution in [0.3, 0.4) is 0 Å². The molecule has 1 aromatic carbocycles. The summed E-state index contributed by atoms with van der Waals surface area (Å²) in [5, 5.41) is 10.8. The lowest BCUT2D eigenvalue weighted by atomic mass is 9.98. The molecule has 0 bridgehead atoms. The van der Waals surface area contributed by atoms with Crippen molar-refractivity contribution in [1.29, 1.82) is 0 Å². The Balaban J connectivity index is 2.52. The van der Waals surface area contributed by atoms with Crippen molar-refractivity contribution in [2.24, 2.45) is 4.40 Å². The van der Waals surface area contributed by atoms with Gasteiger partial charge in [-0.1, -0.05) is 37.9 Å². The molecule has 122 valence electrons. The van der Waals surface area contributed by atoms with Gasteiger partial charge >= 0.3 is 0 Å². The number of carbonyl (C=O) groups is 1. The fourth-order valence-corrected chi connectivity index (χ4v) is 4.31. The molecule has 0 amide bonds. The predicted molar refractivity (Wildman–Crippen MR) is 91.9 cm³/mol. The first-order chi connectivity index (χ1) is 10.6. The van der Waals surface area contributed by atoms with E-state index in [-0.39, 0.29) is 22.1 Å². The average molecular weight is 466 g/mol. The van der Waals surface area contributed by atoms with Crippen LogP contribution in [0.15, 0.2) is 45.2 Å². The van der Waals surface area contributed by atoms with Crippen molar-refractivity contribution in [3.8, 4) is 0 Å². The second kappa shape index (κ2) is 6.62. The standard InChI is InChI=1S/C13H10Br2N2O5S/c1-7-5-10(18)11(14)12(15)13(7)16-23(21,22)9-4-2-3-8(6-9)17(19)20/h2-6,11-12H,1H3/b16-13+. The molecule has 7 nitrogen and oxygen atoms in total. The monoisotopic (exact) mass is 464 g/mol. The van der Waals surface area contributed by atoms with Gasteiger partial charge in [0.1, 0.15) is 0 Å². The van der Waals surface area contributed by atoms with Gasteiger partial charge in [0.15, 0.2) is 5.78 Å². The molecule has 0 saturated carbocycles. The number of sulfonamides is 1. The van der Waals surface area contributed by atoms with Gasteiger partial charge in [-0.15, -0.1) is 0 Å². The largest absolute Gasteiger partial charge is 0.294 e. The number of halogens is 2. The maximum absolute atomic E-state index is 12.4. The zero-order chi connectivity index (χ0) is 17.4. The van der Waals surface area contributed by atoms with E-state index in [1.165, 1.54) is 24.3 Å². The highest BCUT2D eigenvalue weighted by Gasteiger charge is 2.33. The van der Waals surface area contributed by atoms with E-state index in [4.69, 9.17) is 0 Å². The summed E-state index contributed by atoms with van der Waals surface area (Å²) in [6.45, 7) is 1.58. The van der Waals surface area contributed by atoms with Crippen LogP contribution in [0.1, 0.15) is 6.92 Å². The van der Waals surface area contributed by atoms with Crippen LogP contribution in [-0.2, 0) is 14.8 Å². The van der Waals surface area contributed by atoms with Crippen molar-refractivity contribution in [3.63, 3.8) is 0 Å². The molecule has 23 heavy (non-hydrogen) atoms. The lowest BCUT2D eigenvalue weighted by Gasteiger charge is -2.22. The zero-order valence-corrected chi connectivity index (χ0v) is 15.6. The number of nitro benzene ring substituents is 1. The van der Waals surface area contributed by atoms with Crippen LogP contribution in [-0.4, -0.2) is 34.5 Å². The van der Waals surface area contributed by atoms with Crippen molar-refractivity contribution in [2.45, 2.75) is 21.5 Å². The quantitative estimate of drug-likeness (QED) is 0.387. The van der Waals surface area contributed by atoms with E-state index in [0.29, 0.717) is 5.57 Å². The number of non-ortho nitro benzene ring substituents is 1. The molecule has 0 spiro atoms. The van der Waals surface area contributed by atoms with Crippen LogP contribution in [0.25, 0.3) is 0 Å². The molecule has 10 heteroatoms. The first-order valence-electron chi connectivity index (χ1n) is 6.23. The highest BCUT2D eigenvalue weighted by atomic mass is 79.9. The molecule has 0 aromatic heterocycles. The van der Waals surface area contributed by atoms with E-state index in [1.807, 2.05) is 0 Å². The van der Waals surface area contributed by atoms with Gasteiger partial charge in [0.25, 0.3) is 15.7 Å². The van der Waals surface area contributed by atoms with Crippen LogP contribution < -0.4 is 0 Å². The number of benzene rings is 1. The number of nitrogens with zero attached hydrogens (tertiary/aromatic N) is 2. The Kier molecular flexibility index (Phi) is 5.17. The summed E-state index contributed by atoms with van der Waals surface area (Å²) in [4.78, 5) is 20.2. The van der Waals surface area contributed by atoms with E-state index >= 15 is 0 Å². The van der Waals surface area contributed by atoms with E-state index in [2.05, 4.69) is 36.3 Å². The Hall–Kier alpha value is -1.39. The molecule has 0 fully saturated rings. The fraction of sp³-hybridized carbons (Fsp3) is 0.231. The number of alkyl halides is 2. The van der Waals surface area contributed by atoms with Crippen LogP contribution in [0.2, 0.25) is 0 Å². The number of rotatable bonds is 3. The Morgan fingerprint density at radius 3 is 2.52 bits per heavy atom. The minimum Gasteiger partial charge on any atom is -0.294 e. The van der Waals surface area contributed by atoms with Gasteiger partial charge in [-0.25, -0.2) is 0 Å². The van der Waals surface area contributed by atoms with E-state index < -0.39 is 24.6 Å². The molecular weight excluding hydrogens is 456 g/mol. The van der Waals surface area contributed by atoms with Crippen molar-refractivity contribution >= 4 is 59.1 Å². The Labute approximate surface area is 148 Å². The summed E-state index contributed by atoms with van der Waals surface area (Å²) in [5.74, 6) is -0.198. The topological polar surface area (TPSA) is 107 Å². The highest BCUT2D eigenvalue weighted by Crippen LogP contribution is 2.28. The van der Waals surface area contributed by atoms with Gasteiger partial charge in [-0.05, 0) is 24.6 Å². The van der Waals surface area contributed by atoms with E-state index in [1.54, 1.807) is 6.92 Å². The van der Waals surface area contributed by atoms with E-state index in [9.17, 15) is 23.3 Å². The smallest absolute Gasteiger partial charge is 0.282 e. The molecule has 0 saturated heterocycles. The van der Waals surface area contributed by atoms with Crippen LogP contribution >= 0.6 is 31.9 Å². The summed E-state index contributed by atoms with van der Waals surface area (Å²) in [7, 11) is -4.14. The Morgan fingerprint density at radius 1 is 1.26 bits per heavy atom. The molecule has 0 radical (unpaired) electrons. The first-order valence-corrected chi connectivity index (χ1v) is 9.50. The second-order valence-corrected chi connectivity index (χ2v) is 8.32. The number of allylic oxidation sites excluding steroid dienone is 2. The predicted octanol–water partition coefficient (Wildman–Crippen LogP) is 2.78. The van der Waals surface area contributed by atoms with Crippen molar-refractivity contribution < 1.29 is 18.1 Å². The first kappa shape index (κ1) is 18.0. The van der Waals surface area contributed by atoms with Crippen LogP contribution in [0, 0.1) is 10.1 Å². The van der Waals surface area contributed by atoms with Gasteiger partial charge in [-0.2, -0.15) is 12.8 Å². The maximum Gasteiger partial charge on any atom is 0.282 e. The van der Waals surface area contributed by atoms with Gasteiger partial charge in [0, 0.05) is 12.1 Å². The van der Waals surface area contributed by atoms with Gasteiger partial charge in [0.2, 0.25) is 0 Å². The summed E-state index contributed by atoms with van der Waals surface area (Å²) in [6.07, 6.45) is 1.30. The summed E-state index contributed by atoms with van der Waals surface area (Å²) >= 11 is 6.43. The molecule has 0 heterocycles. The molecule has 1 aliphatic rings. The molecule has 0 aliphatic heterocycles. The maximum atomic E-state index is 12.4. The summed E-state index contributed by atoms with van der Waals surface area (Å²) in [5.41, 5.74) is 0.255.